The van der Waals surface area contributed by atoms with Crippen LogP contribution in [0.5, 0.6) is 11.5 Å². The Bertz CT molecular complexity index is 726. The summed E-state index contributed by atoms with van der Waals surface area (Å²) in [6.45, 7) is 17.6. The molecule has 0 aliphatic heterocycles. The summed E-state index contributed by atoms with van der Waals surface area (Å²) in [5, 5.41) is 21.7. The van der Waals surface area contributed by atoms with Crippen molar-refractivity contribution in [3.8, 4) is 11.5 Å². The maximum Gasteiger partial charge on any atom is 0.121 e. The second-order valence-corrected chi connectivity index (χ2v) is 11.1. The zero-order chi connectivity index (χ0) is 23.3. The Hall–Kier alpha value is -1.96. The molecule has 0 radical (unpaired) electrons. The third-order valence-corrected chi connectivity index (χ3v) is 5.58. The lowest BCUT2D eigenvalue weighted by atomic mass is 9.89. The molecule has 0 spiro atoms. The van der Waals surface area contributed by atoms with Crippen molar-refractivity contribution < 1.29 is 10.2 Å². The Kier molecular flexibility index (Phi) is 9.03. The highest BCUT2D eigenvalue weighted by Gasteiger charge is 2.16. The summed E-state index contributed by atoms with van der Waals surface area (Å²) in [7, 11) is 0. The smallest absolute Gasteiger partial charge is 0.121 e. The molecule has 2 aromatic rings. The summed E-state index contributed by atoms with van der Waals surface area (Å²) >= 11 is 0. The van der Waals surface area contributed by atoms with Crippen molar-refractivity contribution in [2.24, 2.45) is 23.7 Å². The minimum absolute atomic E-state index is 0.484. The predicted octanol–water partition coefficient (Wildman–Crippen LogP) is 7.48. The summed E-state index contributed by atoms with van der Waals surface area (Å²) < 4.78 is 0. The largest absolute Gasteiger partial charge is 0.507 e. The van der Waals surface area contributed by atoms with Crippen LogP contribution in [0.4, 0.5) is 0 Å². The summed E-state index contributed by atoms with van der Waals surface area (Å²) in [6.07, 6.45) is 4.37. The van der Waals surface area contributed by atoms with Crippen LogP contribution in [0.3, 0.4) is 0 Å². The van der Waals surface area contributed by atoms with Crippen LogP contribution >= 0.6 is 0 Å². The Morgan fingerprint density at radius 1 is 0.484 bits per heavy atom. The average Bonchev–Trinajstić information content (AvgIpc) is 2.61. The van der Waals surface area contributed by atoms with Crippen LogP contribution in [-0.4, -0.2) is 10.2 Å². The van der Waals surface area contributed by atoms with Gasteiger partial charge in [0.05, 0.1) is 0 Å². The number of rotatable bonds is 10. The number of hydrogen-bond donors (Lipinski definition) is 2. The quantitative estimate of drug-likeness (QED) is 0.415. The zero-order valence-corrected chi connectivity index (χ0v) is 21.0. The van der Waals surface area contributed by atoms with Crippen LogP contribution in [0.15, 0.2) is 24.3 Å². The molecule has 0 fully saturated rings. The van der Waals surface area contributed by atoms with E-state index in [1.165, 1.54) is 11.1 Å². The summed E-state index contributed by atoms with van der Waals surface area (Å²) in [5.74, 6) is 2.96. The minimum Gasteiger partial charge on any atom is -0.507 e. The Morgan fingerprint density at radius 2 is 0.710 bits per heavy atom. The molecule has 2 N–H and O–H groups in total. The highest BCUT2D eigenvalue weighted by atomic mass is 16.3. The molecule has 0 aromatic heterocycles. The van der Waals surface area contributed by atoms with Gasteiger partial charge in [-0.1, -0.05) is 79.7 Å². The molecule has 2 heteroatoms. The zero-order valence-electron chi connectivity index (χ0n) is 21.0. The van der Waals surface area contributed by atoms with Crippen molar-refractivity contribution in [1.82, 2.24) is 0 Å². The molecule has 0 aliphatic rings. The molecule has 0 unspecified atom stereocenters. The van der Waals surface area contributed by atoms with Gasteiger partial charge in [-0.3, -0.25) is 0 Å². The first-order valence-corrected chi connectivity index (χ1v) is 12.1. The van der Waals surface area contributed by atoms with E-state index in [-0.39, 0.29) is 0 Å². The van der Waals surface area contributed by atoms with E-state index in [1.54, 1.807) is 0 Å². The third-order valence-electron chi connectivity index (χ3n) is 5.58. The highest BCUT2D eigenvalue weighted by molar-refractivity contribution is 5.48. The predicted molar refractivity (Wildman–Crippen MR) is 133 cm³/mol. The van der Waals surface area contributed by atoms with Gasteiger partial charge in [0.15, 0.2) is 0 Å². The minimum atomic E-state index is 0.484. The van der Waals surface area contributed by atoms with Crippen molar-refractivity contribution in [3.05, 3.63) is 57.6 Å². The number of phenols is 2. The molecule has 0 aliphatic carbocycles. The summed E-state index contributed by atoms with van der Waals surface area (Å²) in [4.78, 5) is 0. The molecule has 172 valence electrons. The second kappa shape index (κ2) is 11.1. The summed E-state index contributed by atoms with van der Waals surface area (Å²) in [5.41, 5.74) is 6.75. The van der Waals surface area contributed by atoms with Crippen LogP contribution in [0.25, 0.3) is 0 Å². The normalized spacial score (nSPS) is 12.0. The van der Waals surface area contributed by atoms with E-state index in [0.717, 1.165) is 54.4 Å². The van der Waals surface area contributed by atoms with Crippen molar-refractivity contribution in [1.29, 1.82) is 0 Å². The SMILES string of the molecule is CC(C)Cc1cc(Cc2cc(CC(C)C)c(O)c(CC(C)C)c2)cc(CC(C)C)c1O. The van der Waals surface area contributed by atoms with Crippen LogP contribution in [0, 0.1) is 23.7 Å². The van der Waals surface area contributed by atoms with Gasteiger partial charge in [-0.15, -0.1) is 0 Å². The van der Waals surface area contributed by atoms with Crippen molar-refractivity contribution >= 4 is 0 Å². The first-order valence-electron chi connectivity index (χ1n) is 12.1. The van der Waals surface area contributed by atoms with E-state index in [9.17, 15) is 10.2 Å². The number of aromatic hydroxyl groups is 2. The molecular weight excluding hydrogens is 380 g/mol. The monoisotopic (exact) mass is 424 g/mol. The Morgan fingerprint density at radius 3 is 0.903 bits per heavy atom. The fourth-order valence-electron chi connectivity index (χ4n) is 4.49. The first kappa shape index (κ1) is 25.3. The lowest BCUT2D eigenvalue weighted by Crippen LogP contribution is -2.04. The van der Waals surface area contributed by atoms with E-state index >= 15 is 0 Å². The van der Waals surface area contributed by atoms with Gasteiger partial charge in [0, 0.05) is 0 Å². The fourth-order valence-corrected chi connectivity index (χ4v) is 4.49. The van der Waals surface area contributed by atoms with Crippen molar-refractivity contribution in [2.75, 3.05) is 0 Å². The molecule has 0 heterocycles. The molecule has 0 atom stereocenters. The molecule has 2 rings (SSSR count). The summed E-state index contributed by atoms with van der Waals surface area (Å²) in [6, 6.07) is 8.76. The van der Waals surface area contributed by atoms with E-state index in [4.69, 9.17) is 0 Å². The van der Waals surface area contributed by atoms with Gasteiger partial charge in [-0.25, -0.2) is 0 Å². The molecule has 0 saturated heterocycles. The van der Waals surface area contributed by atoms with Gasteiger partial charge in [-0.2, -0.15) is 0 Å². The van der Waals surface area contributed by atoms with Gasteiger partial charge in [0.1, 0.15) is 11.5 Å². The van der Waals surface area contributed by atoms with Crippen molar-refractivity contribution in [2.45, 2.75) is 87.5 Å². The highest BCUT2D eigenvalue weighted by Crippen LogP contribution is 2.33. The van der Waals surface area contributed by atoms with Crippen LogP contribution in [0.1, 0.15) is 88.8 Å². The van der Waals surface area contributed by atoms with Crippen LogP contribution in [-0.2, 0) is 32.1 Å². The van der Waals surface area contributed by atoms with E-state index in [0.29, 0.717) is 35.2 Å². The maximum atomic E-state index is 10.9. The molecule has 31 heavy (non-hydrogen) atoms. The number of hydrogen-bond acceptors (Lipinski definition) is 2. The van der Waals surface area contributed by atoms with Crippen LogP contribution in [0.2, 0.25) is 0 Å². The second-order valence-electron chi connectivity index (χ2n) is 11.1. The number of phenolic OH excluding ortho intramolecular Hbond substituents is 2. The Labute approximate surface area is 190 Å². The fraction of sp³-hybridized carbons (Fsp3) is 0.586. The Balaban J connectivity index is 2.49. The molecule has 0 saturated carbocycles. The standard InChI is InChI=1S/C29H44O2/c1-18(2)9-24-14-22(15-25(28(24)30)10-19(3)4)13-23-16-26(11-20(5)6)29(31)27(17-23)12-21(7)8/h14-21,30-31H,9-13H2,1-8H3. The molecule has 2 nitrogen and oxygen atoms in total. The number of benzene rings is 2. The van der Waals surface area contributed by atoms with Gasteiger partial charge in [0.2, 0.25) is 0 Å². The average molecular weight is 425 g/mol. The lowest BCUT2D eigenvalue weighted by Gasteiger charge is -2.18. The molecule has 0 bridgehead atoms. The first-order chi connectivity index (χ1) is 14.5. The van der Waals surface area contributed by atoms with E-state index < -0.39 is 0 Å². The third kappa shape index (κ3) is 7.59. The van der Waals surface area contributed by atoms with Gasteiger partial charge < -0.3 is 10.2 Å². The molecular formula is C29H44O2. The molecule has 2 aromatic carbocycles. The van der Waals surface area contributed by atoms with Crippen LogP contribution < -0.4 is 0 Å². The van der Waals surface area contributed by atoms with E-state index in [2.05, 4.69) is 79.7 Å². The topological polar surface area (TPSA) is 40.5 Å². The van der Waals surface area contributed by atoms with Crippen molar-refractivity contribution in [3.63, 3.8) is 0 Å². The van der Waals surface area contributed by atoms with Gasteiger partial charge in [-0.05, 0) is 89.2 Å². The maximum absolute atomic E-state index is 10.9. The van der Waals surface area contributed by atoms with E-state index in [1.807, 2.05) is 0 Å². The lowest BCUT2D eigenvalue weighted by molar-refractivity contribution is 0.449. The molecule has 0 amide bonds. The van der Waals surface area contributed by atoms with Gasteiger partial charge in [0.25, 0.3) is 0 Å². The van der Waals surface area contributed by atoms with Gasteiger partial charge >= 0.3 is 0 Å².